The number of aromatic hydroxyl groups is 1. The third kappa shape index (κ3) is 12.0. The number of nitrogens with one attached hydrogen (secondary N) is 1. The van der Waals surface area contributed by atoms with Crippen LogP contribution in [0.4, 0.5) is 56.9 Å². The van der Waals surface area contributed by atoms with E-state index in [0.717, 1.165) is 18.2 Å². The number of nitrogens with two attached hydrogens (primary N) is 1. The van der Waals surface area contributed by atoms with E-state index in [0.29, 0.717) is 44.8 Å². The monoisotopic (exact) mass is 965 g/mol. The van der Waals surface area contributed by atoms with E-state index in [2.05, 4.69) is 48.6 Å². The maximum absolute atomic E-state index is 12.5. The number of non-ortho nitro benzene ring substituents is 1. The summed E-state index contributed by atoms with van der Waals surface area (Å²) in [4.78, 5) is 9.29. The molecule has 0 aliphatic rings. The average Bonchev–Trinajstić information content (AvgIpc) is 3.21. The number of hydrogen-bond acceptors (Lipinski definition) is 19. The number of azo groups is 3. The van der Waals surface area contributed by atoms with Crippen molar-refractivity contribution in [3.05, 3.63) is 112 Å². The number of nitrogen functional groups attached to an aromatic ring is 1. The van der Waals surface area contributed by atoms with E-state index in [1.54, 1.807) is 44.2 Å². The molecule has 0 bridgehead atoms. The number of ether oxygens (including phenoxy) is 1. The molecule has 0 unspecified atom stereocenters. The zero-order valence-corrected chi connectivity index (χ0v) is 37.0. The second-order valence-electron chi connectivity index (χ2n) is 13.9. The molecule has 0 radical (unpaired) electrons. The first-order valence-electron chi connectivity index (χ1n) is 18.4. The Bertz CT molecular complexity index is 3330. The lowest BCUT2D eigenvalue weighted by Crippen LogP contribution is -2.08. The van der Waals surface area contributed by atoms with Gasteiger partial charge < -0.3 is 20.9 Å². The van der Waals surface area contributed by atoms with Crippen molar-refractivity contribution in [2.75, 3.05) is 23.4 Å². The van der Waals surface area contributed by atoms with E-state index in [4.69, 9.17) is 15.0 Å². The van der Waals surface area contributed by atoms with E-state index < -0.39 is 73.6 Å². The summed E-state index contributed by atoms with van der Waals surface area (Å²) in [7, 11) is -14.2. The van der Waals surface area contributed by atoms with Crippen LogP contribution in [0.3, 0.4) is 0 Å². The van der Waals surface area contributed by atoms with Crippen molar-refractivity contribution >= 4 is 111 Å². The highest BCUT2D eigenvalue weighted by Gasteiger charge is 2.23. The first-order valence-corrected chi connectivity index (χ1v) is 23.4. The lowest BCUT2D eigenvalue weighted by Gasteiger charge is -2.12. The molecule has 0 aromatic heterocycles. The van der Waals surface area contributed by atoms with E-state index in [1.165, 1.54) is 36.4 Å². The van der Waals surface area contributed by atoms with Gasteiger partial charge in [0.1, 0.15) is 32.6 Å². The van der Waals surface area contributed by atoms with Crippen LogP contribution in [0.25, 0.3) is 10.8 Å². The van der Waals surface area contributed by atoms with Gasteiger partial charge in [-0.05, 0) is 110 Å². The average molecular weight is 966 g/mol. The predicted octanol–water partition coefficient (Wildman–Crippen LogP) is 10.1. The number of benzene rings is 6. The fourth-order valence-corrected chi connectivity index (χ4v) is 7.94. The largest absolute Gasteiger partial charge is 0.505 e. The molecular weight excluding hydrogens is 931 g/mol. The topological polar surface area (TPSA) is 348 Å². The highest BCUT2D eigenvalue weighted by molar-refractivity contribution is 7.86. The molecule has 0 fully saturated rings. The fourth-order valence-electron chi connectivity index (χ4n) is 5.94. The Morgan fingerprint density at radius 3 is 2.00 bits per heavy atom. The highest BCUT2D eigenvalue weighted by atomic mass is 32.2. The maximum atomic E-state index is 12.5. The number of nitro benzene ring substituents is 1. The second-order valence-corrected chi connectivity index (χ2v) is 18.8. The lowest BCUT2D eigenvalue weighted by molar-refractivity contribution is -0.385. The summed E-state index contributed by atoms with van der Waals surface area (Å²) in [6.45, 7) is 3.00. The number of fused-ring (bicyclic) bond motifs is 1. The Labute approximate surface area is 375 Å². The molecule has 7 N–H and O–H groups in total. The van der Waals surface area contributed by atoms with Crippen LogP contribution >= 0.6 is 12.6 Å². The van der Waals surface area contributed by atoms with Crippen molar-refractivity contribution < 1.29 is 53.7 Å². The van der Waals surface area contributed by atoms with E-state index in [-0.39, 0.29) is 46.6 Å². The maximum Gasteiger partial charge on any atom is 0.297 e. The van der Waals surface area contributed by atoms with Crippen molar-refractivity contribution in [3.8, 4) is 11.5 Å². The third-order valence-electron chi connectivity index (χ3n) is 9.14. The van der Waals surface area contributed by atoms with Gasteiger partial charge >= 0.3 is 0 Å². The van der Waals surface area contributed by atoms with Crippen LogP contribution in [0.5, 0.6) is 11.5 Å². The van der Waals surface area contributed by atoms with Crippen LogP contribution < -0.4 is 15.8 Å². The SMILES string of the molecule is Cc1cc(N=Nc2c(S(=O)(=O)O)cc3cc(Nc4ccc(N)c(S)c4)ccc3c2O)ccc1N=Nc1cc(C)c(N=Nc2ccc([N+](=O)[O-])cc2S(=O)(=O)O)cc1OCCCS(=O)(=O)O. The van der Waals surface area contributed by atoms with E-state index >= 15 is 0 Å². The molecule has 0 aliphatic carbocycles. The van der Waals surface area contributed by atoms with Crippen LogP contribution in [0.1, 0.15) is 17.5 Å². The summed E-state index contributed by atoms with van der Waals surface area (Å²) >= 11 is 4.32. The van der Waals surface area contributed by atoms with Gasteiger partial charge in [0.25, 0.3) is 36.0 Å². The van der Waals surface area contributed by atoms with Crippen molar-refractivity contribution in [1.29, 1.82) is 0 Å². The van der Waals surface area contributed by atoms with Gasteiger partial charge in [0.05, 0.1) is 34.3 Å². The summed E-state index contributed by atoms with van der Waals surface area (Å²) in [6, 6.07) is 20.8. The Hall–Kier alpha value is -6.94. The van der Waals surface area contributed by atoms with E-state index in [9.17, 15) is 49.6 Å². The van der Waals surface area contributed by atoms with Crippen molar-refractivity contribution in [2.45, 2.75) is 35.0 Å². The molecule has 22 nitrogen and oxygen atoms in total. The quantitative estimate of drug-likeness (QED) is 0.00902. The number of thiol groups is 1. The van der Waals surface area contributed by atoms with Crippen LogP contribution in [-0.2, 0) is 30.4 Å². The van der Waals surface area contributed by atoms with Crippen LogP contribution in [0, 0.1) is 24.0 Å². The lowest BCUT2D eigenvalue weighted by atomic mass is 10.1. The molecule has 338 valence electrons. The fraction of sp³-hybridized carbons (Fsp3) is 0.128. The molecule has 0 aliphatic heterocycles. The molecule has 0 atom stereocenters. The van der Waals surface area contributed by atoms with E-state index in [1.807, 2.05) is 0 Å². The number of nitrogens with zero attached hydrogens (tertiary/aromatic N) is 7. The van der Waals surface area contributed by atoms with Gasteiger partial charge in [-0.2, -0.15) is 40.6 Å². The molecule has 6 aromatic rings. The zero-order valence-electron chi connectivity index (χ0n) is 33.6. The van der Waals surface area contributed by atoms with Crippen molar-refractivity contribution in [3.63, 3.8) is 0 Å². The number of nitro groups is 1. The van der Waals surface area contributed by atoms with Gasteiger partial charge in [-0.1, -0.05) is 0 Å². The highest BCUT2D eigenvalue weighted by Crippen LogP contribution is 2.43. The summed E-state index contributed by atoms with van der Waals surface area (Å²) in [5.41, 5.74) is 7.46. The van der Waals surface area contributed by atoms with Gasteiger partial charge in [-0.15, -0.1) is 28.0 Å². The molecule has 26 heteroatoms. The molecule has 6 rings (SSSR count). The molecule has 6 aromatic carbocycles. The molecule has 0 heterocycles. The molecule has 0 saturated heterocycles. The third-order valence-corrected chi connectivity index (χ3v) is 12.1. The molecule has 0 amide bonds. The Morgan fingerprint density at radius 2 is 1.34 bits per heavy atom. The minimum absolute atomic E-state index is 0.00312. The number of rotatable bonds is 16. The van der Waals surface area contributed by atoms with Crippen LogP contribution in [0.15, 0.2) is 136 Å². The molecule has 0 spiro atoms. The van der Waals surface area contributed by atoms with Gasteiger partial charge in [-0.3, -0.25) is 23.8 Å². The van der Waals surface area contributed by atoms with Crippen LogP contribution in [-0.4, -0.2) is 61.3 Å². The van der Waals surface area contributed by atoms with Gasteiger partial charge in [0.15, 0.2) is 5.75 Å². The first-order chi connectivity index (χ1) is 30.5. The Morgan fingerprint density at radius 1 is 0.708 bits per heavy atom. The number of phenolic OH excluding ortho intramolecular Hbond substituents is 1. The summed E-state index contributed by atoms with van der Waals surface area (Å²) in [6.07, 6.45) is -0.139. The minimum atomic E-state index is -4.97. The van der Waals surface area contributed by atoms with Crippen molar-refractivity contribution in [2.24, 2.45) is 30.7 Å². The molecular formula is C39H35N9O13S4. The standard InChI is InChI=1S/C39H35N9O13S4/c1-21-14-26(42-47-38-37(65(58,59)60)17-23-16-24(4-8-28(23)39(38)49)41-25-5-9-29(40)35(62)18-25)6-10-30(21)43-46-33-15-22(2)32(20-34(33)61-12-3-13-63(52,53)54)45-44-31-11-7-27(48(50)51)19-36(31)64(55,56)57/h4-11,14-20,41,49,62H,3,12-13,40H2,1-2H3,(H,52,53,54)(H,55,56,57)(H,58,59,60). The Kier molecular flexibility index (Phi) is 13.9. The number of anilines is 3. The number of phenols is 1. The van der Waals surface area contributed by atoms with Gasteiger partial charge in [0.2, 0.25) is 0 Å². The van der Waals surface area contributed by atoms with Gasteiger partial charge in [-0.25, -0.2) is 0 Å². The molecule has 65 heavy (non-hydrogen) atoms. The first kappa shape index (κ1) is 47.5. The smallest absolute Gasteiger partial charge is 0.297 e. The van der Waals surface area contributed by atoms with Crippen LogP contribution in [0.2, 0.25) is 0 Å². The minimum Gasteiger partial charge on any atom is -0.505 e. The summed E-state index contributed by atoms with van der Waals surface area (Å²) in [5, 5.41) is 50.6. The Balaban J connectivity index is 1.28. The zero-order chi connectivity index (χ0) is 47.4. The number of aryl methyl sites for hydroxylation is 2. The second kappa shape index (κ2) is 19.0. The summed E-state index contributed by atoms with van der Waals surface area (Å²) in [5.74, 6) is -1.19. The van der Waals surface area contributed by atoms with Gasteiger partial charge in [0, 0.05) is 45.5 Å². The van der Waals surface area contributed by atoms with Crippen molar-refractivity contribution in [1.82, 2.24) is 0 Å². The number of hydrogen-bond donors (Lipinski definition) is 7. The normalized spacial score (nSPS) is 12.5. The summed E-state index contributed by atoms with van der Waals surface area (Å²) < 4.78 is 106. The predicted molar refractivity (Wildman–Crippen MR) is 241 cm³/mol. The molecule has 0 saturated carbocycles.